The molecule has 0 radical (unpaired) electrons. The van der Waals surface area contributed by atoms with Crippen LogP contribution in [0.1, 0.15) is 28.8 Å². The molecule has 0 aliphatic carbocycles. The van der Waals surface area contributed by atoms with Crippen molar-refractivity contribution in [3.05, 3.63) is 59.7 Å². The second-order valence-electron chi connectivity index (χ2n) is 4.88. The van der Waals surface area contributed by atoms with E-state index in [-0.39, 0.29) is 30.3 Å². The summed E-state index contributed by atoms with van der Waals surface area (Å²) in [6.45, 7) is 1.96. The number of carbonyl (C=O) groups excluding carboxylic acids is 2. The van der Waals surface area contributed by atoms with Crippen LogP contribution in [-0.4, -0.2) is 16.8 Å². The zero-order valence-corrected chi connectivity index (χ0v) is 11.8. The predicted molar refractivity (Wildman–Crippen MR) is 81.5 cm³/mol. The molecule has 0 atom stereocenters. The van der Waals surface area contributed by atoms with E-state index in [4.69, 9.17) is 5.11 Å². The second-order valence-corrected chi connectivity index (χ2v) is 4.88. The Morgan fingerprint density at radius 2 is 1.57 bits per heavy atom. The van der Waals surface area contributed by atoms with Crippen molar-refractivity contribution in [2.45, 2.75) is 19.8 Å². The number of amides is 1. The molecule has 2 aromatic rings. The highest BCUT2D eigenvalue weighted by molar-refractivity contribution is 6.00. The first kappa shape index (κ1) is 14.8. The first-order valence-electron chi connectivity index (χ1n) is 6.73. The van der Waals surface area contributed by atoms with Crippen LogP contribution in [0.25, 0.3) is 0 Å². The molecule has 0 spiro atoms. The monoisotopic (exact) mass is 283 g/mol. The summed E-state index contributed by atoms with van der Waals surface area (Å²) in [4.78, 5) is 23.7. The maximum absolute atomic E-state index is 11.9. The van der Waals surface area contributed by atoms with Crippen LogP contribution in [0.3, 0.4) is 0 Å². The zero-order valence-electron chi connectivity index (χ0n) is 11.8. The molecule has 0 aliphatic rings. The number of phenolic OH excluding ortho intramolecular Hbond substituents is 1. The number of hydrogen-bond acceptors (Lipinski definition) is 3. The molecule has 0 unspecified atom stereocenters. The molecule has 2 rings (SSSR count). The van der Waals surface area contributed by atoms with Crippen molar-refractivity contribution in [3.8, 4) is 5.75 Å². The van der Waals surface area contributed by atoms with E-state index >= 15 is 0 Å². The predicted octanol–water partition coefficient (Wildman–Crippen LogP) is 3.30. The van der Waals surface area contributed by atoms with Crippen LogP contribution in [0.5, 0.6) is 5.75 Å². The summed E-state index contributed by atoms with van der Waals surface area (Å²) in [5, 5.41) is 11.8. The van der Waals surface area contributed by atoms with Crippen LogP contribution in [0.2, 0.25) is 0 Å². The molecule has 4 nitrogen and oxygen atoms in total. The second kappa shape index (κ2) is 6.70. The van der Waals surface area contributed by atoms with E-state index in [1.807, 2.05) is 19.1 Å². The van der Waals surface area contributed by atoms with Gasteiger partial charge in [0.15, 0.2) is 5.78 Å². The van der Waals surface area contributed by atoms with Gasteiger partial charge in [-0.3, -0.25) is 9.59 Å². The Kier molecular flexibility index (Phi) is 4.72. The van der Waals surface area contributed by atoms with Gasteiger partial charge < -0.3 is 10.4 Å². The quantitative estimate of drug-likeness (QED) is 0.653. The first-order chi connectivity index (χ1) is 10.0. The number of ketones is 1. The molecule has 0 aliphatic heterocycles. The van der Waals surface area contributed by atoms with E-state index in [9.17, 15) is 9.59 Å². The molecule has 0 fully saturated rings. The van der Waals surface area contributed by atoms with Gasteiger partial charge in [-0.1, -0.05) is 29.8 Å². The third kappa shape index (κ3) is 4.45. The van der Waals surface area contributed by atoms with Crippen LogP contribution in [0.4, 0.5) is 5.69 Å². The Balaban J connectivity index is 1.84. The van der Waals surface area contributed by atoms with E-state index in [1.54, 1.807) is 24.3 Å². The minimum absolute atomic E-state index is 0.0455. The van der Waals surface area contributed by atoms with Crippen molar-refractivity contribution >= 4 is 17.4 Å². The molecular formula is C17H17NO3. The molecule has 1 amide bonds. The largest absolute Gasteiger partial charge is 0.508 e. The highest BCUT2D eigenvalue weighted by Gasteiger charge is 2.09. The van der Waals surface area contributed by atoms with Crippen molar-refractivity contribution in [2.24, 2.45) is 0 Å². The van der Waals surface area contributed by atoms with Gasteiger partial charge in [-0.15, -0.1) is 0 Å². The molecule has 108 valence electrons. The van der Waals surface area contributed by atoms with Crippen molar-refractivity contribution in [3.63, 3.8) is 0 Å². The van der Waals surface area contributed by atoms with E-state index in [2.05, 4.69) is 5.32 Å². The van der Waals surface area contributed by atoms with Crippen LogP contribution in [0.15, 0.2) is 48.5 Å². The number of hydrogen-bond donors (Lipinski definition) is 2. The number of aryl methyl sites for hydroxylation is 1. The lowest BCUT2D eigenvalue weighted by atomic mass is 10.0. The standard InChI is InChI=1S/C17H17NO3/c1-12-2-4-13(5-3-12)16(20)10-11-17(21)18-14-6-8-15(19)9-7-14/h2-9,19H,10-11H2,1H3,(H,18,21). The number of aromatic hydroxyl groups is 1. The van der Waals surface area contributed by atoms with Gasteiger partial charge in [0.1, 0.15) is 5.75 Å². The van der Waals surface area contributed by atoms with Gasteiger partial charge in [0, 0.05) is 24.1 Å². The molecule has 0 bridgehead atoms. The number of anilines is 1. The summed E-state index contributed by atoms with van der Waals surface area (Å²) in [7, 11) is 0. The summed E-state index contributed by atoms with van der Waals surface area (Å²) in [6.07, 6.45) is 0.306. The molecule has 2 N–H and O–H groups in total. The van der Waals surface area contributed by atoms with Gasteiger partial charge >= 0.3 is 0 Å². The van der Waals surface area contributed by atoms with Gasteiger partial charge in [0.2, 0.25) is 5.91 Å². The Morgan fingerprint density at radius 3 is 2.19 bits per heavy atom. The van der Waals surface area contributed by atoms with Gasteiger partial charge in [-0.25, -0.2) is 0 Å². The number of Topliss-reactive ketones (excluding diaryl/α,β-unsaturated/α-hetero) is 1. The minimum atomic E-state index is -0.221. The van der Waals surface area contributed by atoms with Crippen LogP contribution < -0.4 is 5.32 Å². The summed E-state index contributed by atoms with van der Waals surface area (Å²) in [6, 6.07) is 13.5. The molecule has 21 heavy (non-hydrogen) atoms. The lowest BCUT2D eigenvalue weighted by Crippen LogP contribution is -2.13. The fourth-order valence-corrected chi connectivity index (χ4v) is 1.88. The topological polar surface area (TPSA) is 66.4 Å². The highest BCUT2D eigenvalue weighted by atomic mass is 16.3. The number of rotatable bonds is 5. The summed E-state index contributed by atoms with van der Waals surface area (Å²) in [5.74, 6) is -0.125. The van der Waals surface area contributed by atoms with Crippen molar-refractivity contribution in [1.82, 2.24) is 0 Å². The Labute approximate surface area is 123 Å². The Hall–Kier alpha value is -2.62. The Bertz CT molecular complexity index is 630. The third-order valence-corrected chi connectivity index (χ3v) is 3.10. The van der Waals surface area contributed by atoms with Crippen LogP contribution >= 0.6 is 0 Å². The fourth-order valence-electron chi connectivity index (χ4n) is 1.88. The highest BCUT2D eigenvalue weighted by Crippen LogP contribution is 2.14. The normalized spacial score (nSPS) is 10.1. The third-order valence-electron chi connectivity index (χ3n) is 3.10. The number of phenols is 1. The van der Waals surface area contributed by atoms with Gasteiger partial charge in [-0.05, 0) is 31.2 Å². The SMILES string of the molecule is Cc1ccc(C(=O)CCC(=O)Nc2ccc(O)cc2)cc1. The average Bonchev–Trinajstić information content (AvgIpc) is 2.48. The van der Waals surface area contributed by atoms with Crippen LogP contribution in [0, 0.1) is 6.92 Å². The Morgan fingerprint density at radius 1 is 0.952 bits per heavy atom. The van der Waals surface area contributed by atoms with E-state index in [1.165, 1.54) is 12.1 Å². The van der Waals surface area contributed by atoms with E-state index in [0.29, 0.717) is 11.3 Å². The maximum Gasteiger partial charge on any atom is 0.224 e. The molecule has 4 heteroatoms. The number of carbonyl (C=O) groups is 2. The van der Waals surface area contributed by atoms with Crippen molar-refractivity contribution in [2.75, 3.05) is 5.32 Å². The van der Waals surface area contributed by atoms with Gasteiger partial charge in [0.05, 0.1) is 0 Å². The van der Waals surface area contributed by atoms with Crippen molar-refractivity contribution < 1.29 is 14.7 Å². The average molecular weight is 283 g/mol. The lowest BCUT2D eigenvalue weighted by Gasteiger charge is -2.05. The lowest BCUT2D eigenvalue weighted by molar-refractivity contribution is -0.116. The van der Waals surface area contributed by atoms with E-state index in [0.717, 1.165) is 5.56 Å². The van der Waals surface area contributed by atoms with Gasteiger partial charge in [-0.2, -0.15) is 0 Å². The van der Waals surface area contributed by atoms with Crippen LogP contribution in [-0.2, 0) is 4.79 Å². The van der Waals surface area contributed by atoms with Gasteiger partial charge in [0.25, 0.3) is 0 Å². The summed E-state index contributed by atoms with van der Waals surface area (Å²) >= 11 is 0. The summed E-state index contributed by atoms with van der Waals surface area (Å²) < 4.78 is 0. The molecule has 0 saturated heterocycles. The minimum Gasteiger partial charge on any atom is -0.508 e. The fraction of sp³-hybridized carbons (Fsp3) is 0.176. The molecule has 0 heterocycles. The van der Waals surface area contributed by atoms with Crippen molar-refractivity contribution in [1.29, 1.82) is 0 Å². The smallest absolute Gasteiger partial charge is 0.224 e. The molecule has 0 aromatic heterocycles. The first-order valence-corrected chi connectivity index (χ1v) is 6.73. The maximum atomic E-state index is 11.9. The number of nitrogens with one attached hydrogen (secondary N) is 1. The zero-order chi connectivity index (χ0) is 15.2. The molecular weight excluding hydrogens is 266 g/mol. The summed E-state index contributed by atoms with van der Waals surface area (Å²) in [5.41, 5.74) is 2.32. The molecule has 0 saturated carbocycles. The number of benzene rings is 2. The van der Waals surface area contributed by atoms with E-state index < -0.39 is 0 Å². The molecule has 2 aromatic carbocycles.